The van der Waals surface area contributed by atoms with Crippen molar-refractivity contribution in [2.75, 3.05) is 6.26 Å². The molecule has 20 heavy (non-hydrogen) atoms. The first-order valence-corrected chi connectivity index (χ1v) is 8.34. The SMILES string of the molecule is CC(C)(C)c1ccc(-c2ccc(S(C)(=O)=O)nc2)cc1. The van der Waals surface area contributed by atoms with E-state index in [1.807, 2.05) is 12.1 Å². The molecule has 0 saturated carbocycles. The Bertz CT molecular complexity index is 694. The summed E-state index contributed by atoms with van der Waals surface area (Å²) in [5, 5.41) is 0.104. The quantitative estimate of drug-likeness (QED) is 0.850. The number of benzene rings is 1. The first-order chi connectivity index (χ1) is 9.18. The highest BCUT2D eigenvalue weighted by Gasteiger charge is 2.13. The molecule has 0 spiro atoms. The van der Waals surface area contributed by atoms with Gasteiger partial charge in [0, 0.05) is 18.0 Å². The Labute approximate surface area is 120 Å². The summed E-state index contributed by atoms with van der Waals surface area (Å²) in [7, 11) is -3.24. The van der Waals surface area contributed by atoms with Crippen LogP contribution in [0.3, 0.4) is 0 Å². The molecule has 0 aliphatic rings. The molecule has 0 aliphatic heterocycles. The highest BCUT2D eigenvalue weighted by atomic mass is 32.2. The fraction of sp³-hybridized carbons (Fsp3) is 0.312. The third-order valence-electron chi connectivity index (χ3n) is 3.20. The zero-order chi connectivity index (χ0) is 15.0. The summed E-state index contributed by atoms with van der Waals surface area (Å²) in [6, 6.07) is 11.6. The van der Waals surface area contributed by atoms with E-state index in [9.17, 15) is 8.42 Å². The number of aromatic nitrogens is 1. The lowest BCUT2D eigenvalue weighted by Gasteiger charge is -2.19. The third kappa shape index (κ3) is 3.25. The minimum absolute atomic E-state index is 0.104. The van der Waals surface area contributed by atoms with E-state index in [-0.39, 0.29) is 10.4 Å². The molecule has 1 aromatic carbocycles. The molecular weight excluding hydrogens is 270 g/mol. The smallest absolute Gasteiger partial charge is 0.192 e. The summed E-state index contributed by atoms with van der Waals surface area (Å²) in [5.41, 5.74) is 3.34. The molecule has 0 atom stereocenters. The number of hydrogen-bond acceptors (Lipinski definition) is 3. The van der Waals surface area contributed by atoms with E-state index in [1.54, 1.807) is 18.3 Å². The van der Waals surface area contributed by atoms with Crippen molar-refractivity contribution >= 4 is 9.84 Å². The summed E-state index contributed by atoms with van der Waals surface area (Å²) in [4.78, 5) is 4.01. The first-order valence-electron chi connectivity index (χ1n) is 6.45. The fourth-order valence-corrected chi connectivity index (χ4v) is 2.49. The minimum atomic E-state index is -3.24. The molecular formula is C16H19NO2S. The molecule has 2 rings (SSSR count). The molecule has 0 radical (unpaired) electrons. The molecule has 2 aromatic rings. The molecule has 106 valence electrons. The van der Waals surface area contributed by atoms with Gasteiger partial charge in [-0.1, -0.05) is 45.0 Å². The maximum atomic E-state index is 11.4. The second kappa shape index (κ2) is 5.02. The Hall–Kier alpha value is -1.68. The minimum Gasteiger partial charge on any atom is -0.244 e. The van der Waals surface area contributed by atoms with E-state index in [4.69, 9.17) is 0 Å². The molecule has 1 aromatic heterocycles. The molecule has 0 amide bonds. The van der Waals surface area contributed by atoms with Crippen molar-refractivity contribution in [2.45, 2.75) is 31.2 Å². The monoisotopic (exact) mass is 289 g/mol. The van der Waals surface area contributed by atoms with Crippen molar-refractivity contribution in [1.82, 2.24) is 4.98 Å². The normalized spacial score (nSPS) is 12.4. The Balaban J connectivity index is 2.33. The van der Waals surface area contributed by atoms with Crippen LogP contribution in [0.2, 0.25) is 0 Å². The number of nitrogens with zero attached hydrogens (tertiary/aromatic N) is 1. The zero-order valence-corrected chi connectivity index (χ0v) is 13.0. The van der Waals surface area contributed by atoms with Crippen LogP contribution in [0.15, 0.2) is 47.6 Å². The van der Waals surface area contributed by atoms with Crippen molar-refractivity contribution in [3.63, 3.8) is 0 Å². The van der Waals surface area contributed by atoms with Crippen LogP contribution in [0, 0.1) is 0 Å². The van der Waals surface area contributed by atoms with Crippen LogP contribution in [0.1, 0.15) is 26.3 Å². The van der Waals surface area contributed by atoms with Gasteiger partial charge in [-0.3, -0.25) is 0 Å². The third-order valence-corrected chi connectivity index (χ3v) is 4.20. The lowest BCUT2D eigenvalue weighted by Crippen LogP contribution is -2.10. The van der Waals surface area contributed by atoms with Gasteiger partial charge in [0.25, 0.3) is 0 Å². The second-order valence-electron chi connectivity index (χ2n) is 5.98. The maximum Gasteiger partial charge on any atom is 0.192 e. The van der Waals surface area contributed by atoms with Gasteiger partial charge in [0.2, 0.25) is 0 Å². The van der Waals surface area contributed by atoms with Gasteiger partial charge in [-0.2, -0.15) is 0 Å². The number of pyridine rings is 1. The molecule has 0 fully saturated rings. The Morgan fingerprint density at radius 1 is 0.900 bits per heavy atom. The summed E-state index contributed by atoms with van der Waals surface area (Å²) in [6.07, 6.45) is 2.76. The highest BCUT2D eigenvalue weighted by molar-refractivity contribution is 7.90. The van der Waals surface area contributed by atoms with E-state index < -0.39 is 9.84 Å². The van der Waals surface area contributed by atoms with Crippen molar-refractivity contribution in [1.29, 1.82) is 0 Å². The lowest BCUT2D eigenvalue weighted by atomic mass is 9.86. The molecule has 0 bridgehead atoms. The molecule has 0 saturated heterocycles. The van der Waals surface area contributed by atoms with E-state index in [0.29, 0.717) is 0 Å². The molecule has 0 N–H and O–H groups in total. The maximum absolute atomic E-state index is 11.4. The first kappa shape index (κ1) is 14.7. The second-order valence-corrected chi connectivity index (χ2v) is 7.95. The van der Waals surface area contributed by atoms with E-state index in [1.165, 1.54) is 5.56 Å². The standard InChI is InChI=1S/C16H19NO2S/c1-16(2,3)14-8-5-12(6-9-14)13-7-10-15(17-11-13)20(4,18)19/h5-11H,1-4H3. The van der Waals surface area contributed by atoms with E-state index in [2.05, 4.69) is 37.9 Å². The summed E-state index contributed by atoms with van der Waals surface area (Å²) >= 11 is 0. The molecule has 3 nitrogen and oxygen atoms in total. The average Bonchev–Trinajstić information content (AvgIpc) is 2.37. The lowest BCUT2D eigenvalue weighted by molar-refractivity contribution is 0.590. The number of sulfone groups is 1. The van der Waals surface area contributed by atoms with Gasteiger partial charge in [-0.15, -0.1) is 0 Å². The van der Waals surface area contributed by atoms with Gasteiger partial charge in [-0.25, -0.2) is 13.4 Å². The molecule has 0 aliphatic carbocycles. The average molecular weight is 289 g/mol. The van der Waals surface area contributed by atoms with Crippen LogP contribution in [0.4, 0.5) is 0 Å². The van der Waals surface area contributed by atoms with Crippen LogP contribution in [0.5, 0.6) is 0 Å². The van der Waals surface area contributed by atoms with Crippen LogP contribution in [0.25, 0.3) is 11.1 Å². The van der Waals surface area contributed by atoms with Crippen molar-refractivity contribution < 1.29 is 8.42 Å². The van der Waals surface area contributed by atoms with Gasteiger partial charge < -0.3 is 0 Å². The van der Waals surface area contributed by atoms with Crippen molar-refractivity contribution in [2.24, 2.45) is 0 Å². The van der Waals surface area contributed by atoms with Gasteiger partial charge in [0.15, 0.2) is 14.9 Å². The van der Waals surface area contributed by atoms with Crippen LogP contribution >= 0.6 is 0 Å². The summed E-state index contributed by atoms with van der Waals surface area (Å²) in [6.45, 7) is 6.51. The van der Waals surface area contributed by atoms with E-state index >= 15 is 0 Å². The Morgan fingerprint density at radius 3 is 1.85 bits per heavy atom. The van der Waals surface area contributed by atoms with Crippen molar-refractivity contribution in [3.05, 3.63) is 48.2 Å². The Morgan fingerprint density at radius 2 is 1.45 bits per heavy atom. The van der Waals surface area contributed by atoms with Crippen LogP contribution in [-0.2, 0) is 15.3 Å². The van der Waals surface area contributed by atoms with E-state index in [0.717, 1.165) is 17.4 Å². The van der Waals surface area contributed by atoms with Gasteiger partial charge >= 0.3 is 0 Å². The van der Waals surface area contributed by atoms with Crippen LogP contribution < -0.4 is 0 Å². The Kier molecular flexibility index (Phi) is 3.69. The topological polar surface area (TPSA) is 47.0 Å². The van der Waals surface area contributed by atoms with Gasteiger partial charge in [0.05, 0.1) is 0 Å². The predicted molar refractivity (Wildman–Crippen MR) is 81.5 cm³/mol. The summed E-state index contributed by atoms with van der Waals surface area (Å²) < 4.78 is 22.7. The van der Waals surface area contributed by atoms with Crippen molar-refractivity contribution in [3.8, 4) is 11.1 Å². The van der Waals surface area contributed by atoms with Gasteiger partial charge in [0.1, 0.15) is 0 Å². The number of rotatable bonds is 2. The molecule has 1 heterocycles. The number of hydrogen-bond donors (Lipinski definition) is 0. The zero-order valence-electron chi connectivity index (χ0n) is 12.2. The predicted octanol–water partition coefficient (Wildman–Crippen LogP) is 3.45. The largest absolute Gasteiger partial charge is 0.244 e. The molecule has 4 heteroatoms. The fourth-order valence-electron chi connectivity index (χ4n) is 1.93. The summed E-state index contributed by atoms with van der Waals surface area (Å²) in [5.74, 6) is 0. The highest BCUT2D eigenvalue weighted by Crippen LogP contribution is 2.26. The van der Waals surface area contributed by atoms with Crippen LogP contribution in [-0.4, -0.2) is 19.7 Å². The van der Waals surface area contributed by atoms with Gasteiger partial charge in [-0.05, 0) is 28.7 Å². The molecule has 0 unspecified atom stereocenters.